The third-order valence-corrected chi connectivity index (χ3v) is 11.1. The van der Waals surface area contributed by atoms with Crippen molar-refractivity contribution in [3.8, 4) is 0 Å². The molecule has 1 nitrogen and oxygen atoms in total. The summed E-state index contributed by atoms with van der Waals surface area (Å²) in [6.07, 6.45) is 24.1. The molecule has 1 spiro atoms. The van der Waals surface area contributed by atoms with Crippen LogP contribution in [0.2, 0.25) is 0 Å². The van der Waals surface area contributed by atoms with Crippen LogP contribution in [0.3, 0.4) is 0 Å². The summed E-state index contributed by atoms with van der Waals surface area (Å²) in [4.78, 5) is 0. The number of fused-ring (bicyclic) bond motifs is 4. The summed E-state index contributed by atoms with van der Waals surface area (Å²) in [6, 6.07) is 0. The van der Waals surface area contributed by atoms with Crippen LogP contribution in [0, 0.1) is 34.5 Å². The van der Waals surface area contributed by atoms with Crippen LogP contribution in [-0.2, 0) is 4.74 Å². The molecule has 28 heavy (non-hydrogen) atoms. The molecule has 0 bridgehead atoms. The minimum Gasteiger partial charge on any atom is -0.365 e. The minimum atomic E-state index is 0.330. The van der Waals surface area contributed by atoms with Gasteiger partial charge in [0.1, 0.15) is 5.60 Å². The molecule has 5 rings (SSSR count). The maximum atomic E-state index is 6.58. The Labute approximate surface area is 174 Å². The van der Waals surface area contributed by atoms with Crippen molar-refractivity contribution >= 4 is 0 Å². The molecule has 0 aromatic heterocycles. The lowest BCUT2D eigenvalue weighted by atomic mass is 9.44. The van der Waals surface area contributed by atoms with Crippen molar-refractivity contribution in [1.82, 2.24) is 0 Å². The van der Waals surface area contributed by atoms with Gasteiger partial charge in [0.25, 0.3) is 0 Å². The molecule has 0 radical (unpaired) electrons. The largest absolute Gasteiger partial charge is 0.365 e. The zero-order chi connectivity index (χ0) is 19.4. The Morgan fingerprint density at radius 2 is 1.61 bits per heavy atom. The van der Waals surface area contributed by atoms with Gasteiger partial charge in [-0.15, -0.1) is 0 Å². The van der Waals surface area contributed by atoms with Gasteiger partial charge in [-0.3, -0.25) is 0 Å². The van der Waals surface area contributed by atoms with E-state index >= 15 is 0 Å². The van der Waals surface area contributed by atoms with E-state index in [0.717, 1.165) is 23.7 Å². The second-order valence-corrected chi connectivity index (χ2v) is 12.1. The summed E-state index contributed by atoms with van der Waals surface area (Å²) >= 11 is 0. The SMILES string of the molecule is CCCCCCCC[C@H]1CC[C@H]2[C@@H]3C[C@@H]4O[C@@]45CCCC[C@]5(C)[C@H]3CC[C@]12C. The fourth-order valence-corrected chi connectivity index (χ4v) is 9.47. The summed E-state index contributed by atoms with van der Waals surface area (Å²) in [5.41, 5.74) is 1.50. The van der Waals surface area contributed by atoms with Gasteiger partial charge in [-0.05, 0) is 80.5 Å². The molecule has 8 atom stereocenters. The second-order valence-electron chi connectivity index (χ2n) is 12.1. The fourth-order valence-electron chi connectivity index (χ4n) is 9.47. The minimum absolute atomic E-state index is 0.330. The Balaban J connectivity index is 1.24. The molecule has 160 valence electrons. The summed E-state index contributed by atoms with van der Waals surface area (Å²) in [5.74, 6) is 3.99. The molecule has 5 aliphatic rings. The van der Waals surface area contributed by atoms with Gasteiger partial charge >= 0.3 is 0 Å². The van der Waals surface area contributed by atoms with Crippen molar-refractivity contribution in [3.63, 3.8) is 0 Å². The number of ether oxygens (including phenoxy) is 1. The van der Waals surface area contributed by atoms with Crippen molar-refractivity contribution in [2.75, 3.05) is 0 Å². The Hall–Kier alpha value is -0.0400. The lowest BCUT2D eigenvalue weighted by Gasteiger charge is -2.59. The van der Waals surface area contributed by atoms with E-state index in [0.29, 0.717) is 22.5 Å². The average molecular weight is 387 g/mol. The lowest BCUT2D eigenvalue weighted by molar-refractivity contribution is -0.0966. The molecular weight excluding hydrogens is 340 g/mol. The molecule has 4 saturated carbocycles. The van der Waals surface area contributed by atoms with Crippen molar-refractivity contribution in [2.45, 2.75) is 135 Å². The van der Waals surface area contributed by atoms with Crippen LogP contribution >= 0.6 is 0 Å². The maximum Gasteiger partial charge on any atom is 0.100 e. The van der Waals surface area contributed by atoms with Crippen LogP contribution in [0.4, 0.5) is 0 Å². The van der Waals surface area contributed by atoms with Gasteiger partial charge in [0.2, 0.25) is 0 Å². The van der Waals surface area contributed by atoms with Crippen LogP contribution in [0.25, 0.3) is 0 Å². The van der Waals surface area contributed by atoms with Crippen molar-refractivity contribution in [1.29, 1.82) is 0 Å². The number of rotatable bonds is 7. The molecule has 0 N–H and O–H groups in total. The van der Waals surface area contributed by atoms with Crippen LogP contribution in [-0.4, -0.2) is 11.7 Å². The van der Waals surface area contributed by atoms with Crippen molar-refractivity contribution in [3.05, 3.63) is 0 Å². The number of hydrogen-bond acceptors (Lipinski definition) is 1. The molecule has 0 aromatic rings. The topological polar surface area (TPSA) is 12.5 Å². The zero-order valence-corrected chi connectivity index (χ0v) is 19.1. The number of epoxide rings is 1. The Bertz CT molecular complexity index is 571. The highest BCUT2D eigenvalue weighted by Crippen LogP contribution is 2.74. The predicted molar refractivity (Wildman–Crippen MR) is 117 cm³/mol. The Morgan fingerprint density at radius 3 is 2.46 bits per heavy atom. The van der Waals surface area contributed by atoms with E-state index in [1.165, 1.54) is 103 Å². The van der Waals surface area contributed by atoms with E-state index < -0.39 is 0 Å². The maximum absolute atomic E-state index is 6.58. The Morgan fingerprint density at radius 1 is 0.821 bits per heavy atom. The molecule has 4 aliphatic carbocycles. The van der Waals surface area contributed by atoms with E-state index in [-0.39, 0.29) is 0 Å². The summed E-state index contributed by atoms with van der Waals surface area (Å²) in [6.45, 7) is 7.71. The van der Waals surface area contributed by atoms with Gasteiger partial charge in [-0.2, -0.15) is 0 Å². The third-order valence-electron chi connectivity index (χ3n) is 11.1. The first-order chi connectivity index (χ1) is 13.6. The van der Waals surface area contributed by atoms with E-state index in [1.807, 2.05) is 0 Å². The van der Waals surface area contributed by atoms with Gasteiger partial charge < -0.3 is 4.74 Å². The molecule has 0 amide bonds. The predicted octanol–water partition coefficient (Wildman–Crippen LogP) is 7.92. The molecule has 0 aromatic carbocycles. The first-order valence-electron chi connectivity index (χ1n) is 13.2. The average Bonchev–Trinajstić information content (AvgIpc) is 3.29. The zero-order valence-electron chi connectivity index (χ0n) is 19.1. The molecular formula is C27H46O. The summed E-state index contributed by atoms with van der Waals surface area (Å²) < 4.78 is 6.58. The first kappa shape index (κ1) is 19.9. The molecule has 1 saturated heterocycles. The van der Waals surface area contributed by atoms with Crippen LogP contribution in [0.15, 0.2) is 0 Å². The van der Waals surface area contributed by atoms with Crippen molar-refractivity contribution in [2.24, 2.45) is 34.5 Å². The van der Waals surface area contributed by atoms with Gasteiger partial charge in [0, 0.05) is 5.41 Å². The number of hydrogen-bond donors (Lipinski definition) is 0. The van der Waals surface area contributed by atoms with Gasteiger partial charge in [-0.25, -0.2) is 0 Å². The quantitative estimate of drug-likeness (QED) is 0.320. The normalized spacial score (nSPS) is 51.8. The van der Waals surface area contributed by atoms with Crippen LogP contribution in [0.1, 0.15) is 124 Å². The molecule has 1 aliphatic heterocycles. The first-order valence-corrected chi connectivity index (χ1v) is 13.2. The number of unbranched alkanes of at least 4 members (excludes halogenated alkanes) is 5. The second kappa shape index (κ2) is 7.28. The smallest absolute Gasteiger partial charge is 0.100 e. The van der Waals surface area contributed by atoms with E-state index in [9.17, 15) is 0 Å². The summed E-state index contributed by atoms with van der Waals surface area (Å²) in [7, 11) is 0. The molecule has 0 unspecified atom stereocenters. The third kappa shape index (κ3) is 2.80. The fraction of sp³-hybridized carbons (Fsp3) is 1.00. The van der Waals surface area contributed by atoms with E-state index in [1.54, 1.807) is 0 Å². The van der Waals surface area contributed by atoms with Crippen LogP contribution in [0.5, 0.6) is 0 Å². The Kier molecular flexibility index (Phi) is 5.17. The molecule has 1 heterocycles. The lowest BCUT2D eigenvalue weighted by Crippen LogP contribution is -2.57. The molecule has 5 fully saturated rings. The van der Waals surface area contributed by atoms with Gasteiger partial charge in [-0.1, -0.05) is 72.1 Å². The van der Waals surface area contributed by atoms with Crippen LogP contribution < -0.4 is 0 Å². The van der Waals surface area contributed by atoms with Gasteiger partial charge in [0.15, 0.2) is 0 Å². The highest BCUT2D eigenvalue weighted by atomic mass is 16.6. The monoisotopic (exact) mass is 386 g/mol. The van der Waals surface area contributed by atoms with E-state index in [2.05, 4.69) is 20.8 Å². The highest BCUT2D eigenvalue weighted by Gasteiger charge is 2.74. The van der Waals surface area contributed by atoms with E-state index in [4.69, 9.17) is 4.74 Å². The molecule has 1 heteroatoms. The van der Waals surface area contributed by atoms with Gasteiger partial charge in [0.05, 0.1) is 6.10 Å². The highest BCUT2D eigenvalue weighted by molar-refractivity contribution is 5.23. The standard InChI is InChI=1S/C27H46O/c1-4-5-6-7-8-9-12-20-13-14-22-21-19-24-27(28-24)17-11-10-16-26(27,3)23(21)15-18-25(20,22)2/h20-24H,4-19H2,1-3H3/t20-,21-,22-,23-,24-,25+,26+,27-/m0/s1. The van der Waals surface area contributed by atoms with Crippen molar-refractivity contribution < 1.29 is 4.74 Å². The summed E-state index contributed by atoms with van der Waals surface area (Å²) in [5, 5.41) is 0.